The van der Waals surface area contributed by atoms with Gasteiger partial charge in [0.15, 0.2) is 0 Å². The van der Waals surface area contributed by atoms with E-state index in [0.29, 0.717) is 18.9 Å². The number of halogens is 2. The maximum Gasteiger partial charge on any atom is 0.125 e. The van der Waals surface area contributed by atoms with Crippen LogP contribution in [0.2, 0.25) is 25.7 Å². The van der Waals surface area contributed by atoms with Gasteiger partial charge >= 0.3 is 0 Å². The standard InChI is InChI=1S/C26H29BrFN3OSi/c1-33(2,3)14-13-32-18-31-25-12-10-21(28)16-24(25)30-26(31)22(15-19-7-5-4-6-8-19)23-11-9-20(27)17-29-23/h4-12,16-17,22H,13-15,18H2,1-3H3. The molecule has 0 fully saturated rings. The molecule has 7 heteroatoms. The molecule has 2 aromatic carbocycles. The maximum absolute atomic E-state index is 14.0. The lowest BCUT2D eigenvalue weighted by atomic mass is 9.94. The summed E-state index contributed by atoms with van der Waals surface area (Å²) in [6.45, 7) is 8.10. The van der Waals surface area contributed by atoms with Crippen molar-refractivity contribution in [3.8, 4) is 0 Å². The highest BCUT2D eigenvalue weighted by Crippen LogP contribution is 2.31. The van der Waals surface area contributed by atoms with Crippen LogP contribution in [-0.2, 0) is 17.9 Å². The van der Waals surface area contributed by atoms with Gasteiger partial charge in [-0.1, -0.05) is 50.0 Å². The van der Waals surface area contributed by atoms with Gasteiger partial charge in [-0.2, -0.15) is 0 Å². The Labute approximate surface area is 204 Å². The fourth-order valence-electron chi connectivity index (χ4n) is 3.83. The molecule has 0 N–H and O–H groups in total. The van der Waals surface area contributed by atoms with Crippen LogP contribution in [0.1, 0.15) is 23.0 Å². The number of fused-ring (bicyclic) bond motifs is 1. The van der Waals surface area contributed by atoms with E-state index in [4.69, 9.17) is 14.7 Å². The maximum atomic E-state index is 14.0. The molecule has 4 aromatic rings. The molecule has 2 heterocycles. The zero-order valence-corrected chi connectivity index (χ0v) is 21.8. The summed E-state index contributed by atoms with van der Waals surface area (Å²) < 4.78 is 23.2. The van der Waals surface area contributed by atoms with Gasteiger partial charge in [-0.05, 0) is 58.2 Å². The van der Waals surface area contributed by atoms with E-state index < -0.39 is 8.07 Å². The van der Waals surface area contributed by atoms with Crippen molar-refractivity contribution in [3.05, 3.63) is 94.2 Å². The fourth-order valence-corrected chi connectivity index (χ4v) is 4.82. The van der Waals surface area contributed by atoms with Gasteiger partial charge in [-0.25, -0.2) is 9.37 Å². The zero-order chi connectivity index (χ0) is 23.4. The molecule has 172 valence electrons. The van der Waals surface area contributed by atoms with Crippen molar-refractivity contribution < 1.29 is 9.13 Å². The van der Waals surface area contributed by atoms with Crippen molar-refractivity contribution in [2.45, 2.75) is 44.8 Å². The molecule has 33 heavy (non-hydrogen) atoms. The Kier molecular flexibility index (Phi) is 7.41. The molecule has 0 radical (unpaired) electrons. The summed E-state index contributed by atoms with van der Waals surface area (Å²) in [5, 5.41) is 0. The van der Waals surface area contributed by atoms with Gasteiger partial charge < -0.3 is 9.30 Å². The van der Waals surface area contributed by atoms with E-state index in [2.05, 4.69) is 52.3 Å². The van der Waals surface area contributed by atoms with Crippen LogP contribution in [0.15, 0.2) is 71.3 Å². The summed E-state index contributed by atoms with van der Waals surface area (Å²) in [5.41, 5.74) is 3.61. The normalized spacial score (nSPS) is 12.9. The van der Waals surface area contributed by atoms with Crippen molar-refractivity contribution in [1.29, 1.82) is 0 Å². The minimum Gasteiger partial charge on any atom is -0.361 e. The number of hydrogen-bond acceptors (Lipinski definition) is 3. The predicted molar refractivity (Wildman–Crippen MR) is 138 cm³/mol. The summed E-state index contributed by atoms with van der Waals surface area (Å²) in [5.74, 6) is 0.443. The van der Waals surface area contributed by atoms with Crippen LogP contribution < -0.4 is 0 Å². The smallest absolute Gasteiger partial charge is 0.125 e. The van der Waals surface area contributed by atoms with Gasteiger partial charge in [-0.3, -0.25) is 4.98 Å². The second-order valence-corrected chi connectivity index (χ2v) is 16.1. The summed E-state index contributed by atoms with van der Waals surface area (Å²) in [6.07, 6.45) is 2.54. The first-order valence-corrected chi connectivity index (χ1v) is 15.7. The second-order valence-electron chi connectivity index (χ2n) is 9.52. The summed E-state index contributed by atoms with van der Waals surface area (Å²) in [4.78, 5) is 9.60. The molecule has 0 saturated carbocycles. The molecule has 0 spiro atoms. The summed E-state index contributed by atoms with van der Waals surface area (Å²) >= 11 is 3.48. The van der Waals surface area contributed by atoms with Crippen molar-refractivity contribution in [2.75, 3.05) is 6.61 Å². The molecule has 4 nitrogen and oxygen atoms in total. The highest BCUT2D eigenvalue weighted by atomic mass is 79.9. The number of hydrogen-bond donors (Lipinski definition) is 0. The molecule has 1 atom stereocenters. The van der Waals surface area contributed by atoms with Crippen molar-refractivity contribution in [3.63, 3.8) is 0 Å². The largest absolute Gasteiger partial charge is 0.361 e. The van der Waals surface area contributed by atoms with Crippen LogP contribution in [0, 0.1) is 5.82 Å². The third-order valence-corrected chi connectivity index (χ3v) is 7.83. The SMILES string of the molecule is C[Si](C)(C)CCOCn1c(C(Cc2ccccc2)c2ccc(Br)cn2)nc2cc(F)ccc21. The number of aromatic nitrogens is 3. The predicted octanol–water partition coefficient (Wildman–Crippen LogP) is 7.02. The van der Waals surface area contributed by atoms with Crippen LogP contribution in [-0.4, -0.2) is 29.2 Å². The monoisotopic (exact) mass is 525 g/mol. The van der Waals surface area contributed by atoms with E-state index in [1.165, 1.54) is 17.7 Å². The van der Waals surface area contributed by atoms with Gasteiger partial charge in [0.2, 0.25) is 0 Å². The lowest BCUT2D eigenvalue weighted by Crippen LogP contribution is -2.22. The third kappa shape index (κ3) is 6.16. The number of benzene rings is 2. The zero-order valence-electron chi connectivity index (χ0n) is 19.3. The Balaban J connectivity index is 1.75. The Hall–Kier alpha value is -2.35. The fraction of sp³-hybridized carbons (Fsp3) is 0.308. The second kappa shape index (κ2) is 10.3. The Morgan fingerprint density at radius 3 is 2.55 bits per heavy atom. The van der Waals surface area contributed by atoms with E-state index in [-0.39, 0.29) is 11.7 Å². The first-order chi connectivity index (χ1) is 15.8. The van der Waals surface area contributed by atoms with Gasteiger partial charge in [-0.15, -0.1) is 0 Å². The quantitative estimate of drug-likeness (QED) is 0.174. The van der Waals surface area contributed by atoms with Gasteiger partial charge in [0, 0.05) is 31.4 Å². The number of pyridine rings is 1. The van der Waals surface area contributed by atoms with Gasteiger partial charge in [0.1, 0.15) is 18.4 Å². The van der Waals surface area contributed by atoms with Gasteiger partial charge in [0.25, 0.3) is 0 Å². The first kappa shape index (κ1) is 23.8. The molecule has 4 rings (SSSR count). The molecule has 0 saturated heterocycles. The topological polar surface area (TPSA) is 39.9 Å². The molecule has 0 bridgehead atoms. The van der Waals surface area contributed by atoms with E-state index in [9.17, 15) is 4.39 Å². The Bertz CT molecular complexity index is 1210. The highest BCUT2D eigenvalue weighted by molar-refractivity contribution is 9.10. The van der Waals surface area contributed by atoms with Gasteiger partial charge in [0.05, 0.1) is 22.6 Å². The lowest BCUT2D eigenvalue weighted by molar-refractivity contribution is 0.0874. The van der Waals surface area contributed by atoms with E-state index >= 15 is 0 Å². The average molecular weight is 527 g/mol. The van der Waals surface area contributed by atoms with Crippen LogP contribution in [0.4, 0.5) is 4.39 Å². The summed E-state index contributed by atoms with van der Waals surface area (Å²) in [7, 11) is -1.20. The number of ether oxygens (including phenoxy) is 1. The van der Waals surface area contributed by atoms with E-state index in [1.54, 1.807) is 6.07 Å². The molecular formula is C26H29BrFN3OSi. The van der Waals surface area contributed by atoms with Crippen molar-refractivity contribution in [2.24, 2.45) is 0 Å². The van der Waals surface area contributed by atoms with Crippen LogP contribution in [0.25, 0.3) is 11.0 Å². The minimum absolute atomic E-state index is 0.100. The van der Waals surface area contributed by atoms with E-state index in [0.717, 1.165) is 34.0 Å². The van der Waals surface area contributed by atoms with Crippen molar-refractivity contribution in [1.82, 2.24) is 14.5 Å². The molecule has 1 unspecified atom stereocenters. The average Bonchev–Trinajstić information content (AvgIpc) is 3.13. The molecule has 2 aromatic heterocycles. The Morgan fingerprint density at radius 2 is 1.85 bits per heavy atom. The number of imidazole rings is 1. The summed E-state index contributed by atoms with van der Waals surface area (Å²) in [6, 6.07) is 20.2. The molecule has 0 amide bonds. The highest BCUT2D eigenvalue weighted by Gasteiger charge is 2.24. The number of rotatable bonds is 9. The Morgan fingerprint density at radius 1 is 1.06 bits per heavy atom. The third-order valence-electron chi connectivity index (χ3n) is 5.66. The van der Waals surface area contributed by atoms with Crippen molar-refractivity contribution >= 4 is 35.0 Å². The lowest BCUT2D eigenvalue weighted by Gasteiger charge is -2.20. The number of nitrogens with zero attached hydrogens (tertiary/aromatic N) is 3. The molecular weight excluding hydrogens is 497 g/mol. The molecule has 0 aliphatic heterocycles. The first-order valence-electron chi connectivity index (χ1n) is 11.2. The van der Waals surface area contributed by atoms with Crippen LogP contribution >= 0.6 is 15.9 Å². The van der Waals surface area contributed by atoms with E-state index in [1.807, 2.05) is 36.5 Å². The molecule has 0 aliphatic carbocycles. The van der Waals surface area contributed by atoms with Crippen LogP contribution in [0.5, 0.6) is 0 Å². The van der Waals surface area contributed by atoms with Crippen LogP contribution in [0.3, 0.4) is 0 Å². The molecule has 0 aliphatic rings. The minimum atomic E-state index is -1.20.